The van der Waals surface area contributed by atoms with Crippen LogP contribution in [-0.4, -0.2) is 17.7 Å². The van der Waals surface area contributed by atoms with Gasteiger partial charge in [0.1, 0.15) is 0 Å². The summed E-state index contributed by atoms with van der Waals surface area (Å²) in [5, 5.41) is 8.92. The fourth-order valence-corrected chi connectivity index (χ4v) is 1.86. The van der Waals surface area contributed by atoms with Crippen LogP contribution < -0.4 is 0 Å². The second-order valence-corrected chi connectivity index (χ2v) is 3.70. The summed E-state index contributed by atoms with van der Waals surface area (Å²) < 4.78 is 30.9. The third-order valence-corrected chi connectivity index (χ3v) is 2.68. The lowest BCUT2D eigenvalue weighted by atomic mass is 9.95. The molecule has 0 aromatic heterocycles. The Hall–Kier alpha value is -1.49. The highest BCUT2D eigenvalue weighted by Crippen LogP contribution is 2.35. The van der Waals surface area contributed by atoms with Crippen LogP contribution in [0, 0.1) is 17.6 Å². The molecule has 1 aliphatic rings. The Balaban J connectivity index is 2.29. The van der Waals surface area contributed by atoms with E-state index in [9.17, 15) is 13.6 Å². The number of hydrogen-bond donors (Lipinski definition) is 1. The summed E-state index contributed by atoms with van der Waals surface area (Å²) >= 11 is 0. The number of carboxylic acids is 1. The quantitative estimate of drug-likeness (QED) is 0.843. The second-order valence-electron chi connectivity index (χ2n) is 3.70. The fraction of sp³-hybridized carbons (Fsp3) is 0.364. The standard InChI is InChI=1S/C11H10F2O3/c12-8-2-1-6(5-9(8)13)10-7(11(14)15)3-4-16-10/h1-2,5,7,10H,3-4H2,(H,14,15)/t7-,10+/m0/s1. The first-order valence-corrected chi connectivity index (χ1v) is 4.89. The van der Waals surface area contributed by atoms with Crippen LogP contribution in [0.1, 0.15) is 18.1 Å². The highest BCUT2D eigenvalue weighted by Gasteiger charge is 2.35. The molecule has 1 heterocycles. The molecule has 1 fully saturated rings. The zero-order chi connectivity index (χ0) is 11.7. The predicted octanol–water partition coefficient (Wildman–Crippen LogP) is 2.13. The summed E-state index contributed by atoms with van der Waals surface area (Å²) in [5.74, 6) is -3.61. The SMILES string of the molecule is O=C(O)[C@H]1CCO[C@@H]1c1ccc(F)c(F)c1. The summed E-state index contributed by atoms with van der Waals surface area (Å²) in [6, 6.07) is 3.32. The molecule has 16 heavy (non-hydrogen) atoms. The molecular formula is C11H10F2O3. The van der Waals surface area contributed by atoms with Crippen molar-refractivity contribution in [2.45, 2.75) is 12.5 Å². The third-order valence-electron chi connectivity index (χ3n) is 2.68. The molecular weight excluding hydrogens is 218 g/mol. The van der Waals surface area contributed by atoms with Gasteiger partial charge in [0.25, 0.3) is 0 Å². The summed E-state index contributed by atoms with van der Waals surface area (Å²) in [7, 11) is 0. The molecule has 2 atom stereocenters. The van der Waals surface area contributed by atoms with Gasteiger partial charge in [0, 0.05) is 6.61 Å². The molecule has 1 aromatic carbocycles. The number of aliphatic carboxylic acids is 1. The summed E-state index contributed by atoms with van der Waals surface area (Å²) in [5.41, 5.74) is 0.365. The maximum Gasteiger partial charge on any atom is 0.309 e. The average Bonchev–Trinajstić information content (AvgIpc) is 2.71. The van der Waals surface area contributed by atoms with Crippen molar-refractivity contribution in [2.24, 2.45) is 5.92 Å². The Labute approximate surface area is 90.7 Å². The first-order valence-electron chi connectivity index (χ1n) is 4.89. The second kappa shape index (κ2) is 4.17. The van der Waals surface area contributed by atoms with Crippen molar-refractivity contribution in [3.63, 3.8) is 0 Å². The molecule has 0 bridgehead atoms. The van der Waals surface area contributed by atoms with Crippen molar-refractivity contribution < 1.29 is 23.4 Å². The molecule has 1 N–H and O–H groups in total. The minimum Gasteiger partial charge on any atom is -0.481 e. The van der Waals surface area contributed by atoms with Crippen LogP contribution in [0.15, 0.2) is 18.2 Å². The molecule has 1 aliphatic heterocycles. The number of ether oxygens (including phenoxy) is 1. The van der Waals surface area contributed by atoms with Crippen molar-refractivity contribution in [3.05, 3.63) is 35.4 Å². The van der Waals surface area contributed by atoms with Crippen LogP contribution in [0.4, 0.5) is 8.78 Å². The Morgan fingerprint density at radius 3 is 2.75 bits per heavy atom. The van der Waals surface area contributed by atoms with Gasteiger partial charge < -0.3 is 9.84 Å². The first kappa shape index (κ1) is 11.0. The van der Waals surface area contributed by atoms with E-state index in [4.69, 9.17) is 9.84 Å². The first-order chi connectivity index (χ1) is 7.59. The molecule has 1 aromatic rings. The van der Waals surface area contributed by atoms with Gasteiger partial charge in [0.05, 0.1) is 12.0 Å². The molecule has 5 heteroatoms. The summed E-state index contributed by atoms with van der Waals surface area (Å²) in [6.45, 7) is 0.320. The summed E-state index contributed by atoms with van der Waals surface area (Å²) in [6.07, 6.45) is -0.300. The minimum absolute atomic E-state index is 0.320. The number of hydrogen-bond acceptors (Lipinski definition) is 2. The minimum atomic E-state index is -0.989. The topological polar surface area (TPSA) is 46.5 Å². The van der Waals surface area contributed by atoms with Crippen LogP contribution in [0.5, 0.6) is 0 Å². The number of carbonyl (C=O) groups is 1. The van der Waals surface area contributed by atoms with Gasteiger partial charge in [-0.05, 0) is 24.1 Å². The van der Waals surface area contributed by atoms with Crippen molar-refractivity contribution in [3.8, 4) is 0 Å². The molecule has 0 aliphatic carbocycles. The highest BCUT2D eigenvalue weighted by molar-refractivity contribution is 5.71. The van der Waals surface area contributed by atoms with E-state index >= 15 is 0 Å². The van der Waals surface area contributed by atoms with Gasteiger partial charge in [-0.3, -0.25) is 4.79 Å². The zero-order valence-electron chi connectivity index (χ0n) is 8.32. The van der Waals surface area contributed by atoms with Gasteiger partial charge in [-0.15, -0.1) is 0 Å². The van der Waals surface area contributed by atoms with Gasteiger partial charge in [0.15, 0.2) is 11.6 Å². The normalized spacial score (nSPS) is 24.6. The van der Waals surface area contributed by atoms with E-state index in [1.165, 1.54) is 6.07 Å². The maximum absolute atomic E-state index is 13.0. The van der Waals surface area contributed by atoms with Crippen LogP contribution in [0.25, 0.3) is 0 Å². The molecule has 0 saturated carbocycles. The van der Waals surface area contributed by atoms with Crippen molar-refractivity contribution in [2.75, 3.05) is 6.61 Å². The van der Waals surface area contributed by atoms with Crippen molar-refractivity contribution in [1.29, 1.82) is 0 Å². The number of carboxylic acid groups (broad SMARTS) is 1. The number of benzene rings is 1. The highest BCUT2D eigenvalue weighted by atomic mass is 19.2. The summed E-state index contributed by atoms with van der Waals surface area (Å²) in [4.78, 5) is 10.9. The average molecular weight is 228 g/mol. The fourth-order valence-electron chi connectivity index (χ4n) is 1.86. The van der Waals surface area contributed by atoms with E-state index in [-0.39, 0.29) is 0 Å². The molecule has 0 unspecified atom stereocenters. The smallest absolute Gasteiger partial charge is 0.309 e. The molecule has 0 amide bonds. The van der Waals surface area contributed by atoms with E-state index in [0.29, 0.717) is 18.6 Å². The van der Waals surface area contributed by atoms with E-state index < -0.39 is 29.6 Å². The zero-order valence-corrected chi connectivity index (χ0v) is 8.32. The van der Waals surface area contributed by atoms with Crippen LogP contribution in [-0.2, 0) is 9.53 Å². The molecule has 2 rings (SSSR count). The van der Waals surface area contributed by atoms with Crippen LogP contribution >= 0.6 is 0 Å². The Morgan fingerprint density at radius 2 is 2.12 bits per heavy atom. The Bertz CT molecular complexity index is 420. The van der Waals surface area contributed by atoms with E-state index in [1.54, 1.807) is 0 Å². The Morgan fingerprint density at radius 1 is 1.38 bits per heavy atom. The molecule has 0 radical (unpaired) electrons. The van der Waals surface area contributed by atoms with Gasteiger partial charge in [0.2, 0.25) is 0 Å². The number of rotatable bonds is 2. The van der Waals surface area contributed by atoms with Gasteiger partial charge in [-0.2, -0.15) is 0 Å². The third kappa shape index (κ3) is 1.90. The lowest BCUT2D eigenvalue weighted by molar-refractivity contribution is -0.143. The van der Waals surface area contributed by atoms with E-state index in [2.05, 4.69) is 0 Å². The monoisotopic (exact) mass is 228 g/mol. The van der Waals surface area contributed by atoms with Crippen LogP contribution in [0.2, 0.25) is 0 Å². The van der Waals surface area contributed by atoms with Crippen LogP contribution in [0.3, 0.4) is 0 Å². The lowest BCUT2D eigenvalue weighted by Gasteiger charge is -2.15. The largest absolute Gasteiger partial charge is 0.481 e. The van der Waals surface area contributed by atoms with E-state index in [1.807, 2.05) is 0 Å². The van der Waals surface area contributed by atoms with Gasteiger partial charge >= 0.3 is 5.97 Å². The predicted molar refractivity (Wildman–Crippen MR) is 50.8 cm³/mol. The molecule has 1 saturated heterocycles. The number of halogens is 2. The maximum atomic E-state index is 13.0. The Kier molecular flexibility index (Phi) is 2.87. The van der Waals surface area contributed by atoms with Gasteiger partial charge in [-0.25, -0.2) is 8.78 Å². The van der Waals surface area contributed by atoms with E-state index in [0.717, 1.165) is 12.1 Å². The molecule has 3 nitrogen and oxygen atoms in total. The van der Waals surface area contributed by atoms with Crippen molar-refractivity contribution >= 4 is 5.97 Å². The van der Waals surface area contributed by atoms with Crippen molar-refractivity contribution in [1.82, 2.24) is 0 Å². The van der Waals surface area contributed by atoms with Gasteiger partial charge in [-0.1, -0.05) is 6.07 Å². The molecule has 86 valence electrons. The lowest BCUT2D eigenvalue weighted by Crippen LogP contribution is -2.17. The molecule has 0 spiro atoms.